The highest BCUT2D eigenvalue weighted by Crippen LogP contribution is 2.54. The molecule has 12 heavy (non-hydrogen) atoms. The summed E-state index contributed by atoms with van der Waals surface area (Å²) in [7, 11) is 0. The smallest absolute Gasteiger partial charge is 0.284 e. The van der Waals surface area contributed by atoms with Crippen LogP contribution in [0.2, 0.25) is 0 Å². The van der Waals surface area contributed by atoms with E-state index in [-0.39, 0.29) is 5.92 Å². The largest absolute Gasteiger partial charge is 0.343 e. The molecule has 2 aliphatic heterocycles. The molecule has 0 radical (unpaired) electrons. The second-order valence-corrected chi connectivity index (χ2v) is 3.97. The minimum Gasteiger partial charge on any atom is -0.343 e. The van der Waals surface area contributed by atoms with Crippen molar-refractivity contribution in [3.05, 3.63) is 12.2 Å². The molecule has 2 saturated heterocycles. The Morgan fingerprint density at radius 2 is 2.17 bits per heavy atom. The van der Waals surface area contributed by atoms with E-state index in [1.54, 1.807) is 0 Å². The molecule has 1 N–H and O–H groups in total. The molecular weight excluding hydrogens is 156 g/mol. The standard InChI is InChI=1S/C9H12O3/c1-5-6-2-8-7(5)4-12-9(8,10)11-3-6/h6-8,10H,1-4H2/t6?,7?,8?,9-/m1/s1. The molecule has 4 atom stereocenters. The van der Waals surface area contributed by atoms with Crippen LogP contribution in [-0.2, 0) is 9.47 Å². The SMILES string of the molecule is C=C1C2CO[C@@]3(O)OCC1C3C2. The molecule has 2 heterocycles. The Morgan fingerprint density at radius 1 is 1.42 bits per heavy atom. The average molecular weight is 168 g/mol. The van der Waals surface area contributed by atoms with E-state index in [1.165, 1.54) is 5.57 Å². The molecule has 1 saturated carbocycles. The maximum Gasteiger partial charge on any atom is 0.284 e. The lowest BCUT2D eigenvalue weighted by Crippen LogP contribution is -2.42. The Bertz CT molecular complexity index is 250. The molecule has 3 rings (SSSR count). The highest BCUT2D eigenvalue weighted by atomic mass is 16.8. The highest BCUT2D eigenvalue weighted by molar-refractivity contribution is 5.19. The summed E-state index contributed by atoms with van der Waals surface area (Å²) in [5, 5.41) is 9.84. The first-order valence-corrected chi connectivity index (χ1v) is 4.40. The molecule has 3 fully saturated rings. The topological polar surface area (TPSA) is 38.7 Å². The van der Waals surface area contributed by atoms with Crippen LogP contribution in [0.1, 0.15) is 6.42 Å². The van der Waals surface area contributed by atoms with E-state index in [9.17, 15) is 5.11 Å². The number of aliphatic hydroxyl groups is 1. The molecule has 3 aliphatic rings. The van der Waals surface area contributed by atoms with E-state index >= 15 is 0 Å². The average Bonchev–Trinajstić information content (AvgIpc) is 2.51. The number of hydrogen-bond acceptors (Lipinski definition) is 3. The van der Waals surface area contributed by atoms with Crippen LogP contribution in [0.15, 0.2) is 12.2 Å². The second-order valence-electron chi connectivity index (χ2n) is 3.97. The molecule has 0 aromatic heterocycles. The molecule has 2 bridgehead atoms. The zero-order valence-corrected chi connectivity index (χ0v) is 6.82. The Hall–Kier alpha value is -0.380. The van der Waals surface area contributed by atoms with Gasteiger partial charge in [0.1, 0.15) is 0 Å². The van der Waals surface area contributed by atoms with E-state index < -0.39 is 5.97 Å². The molecule has 3 unspecified atom stereocenters. The van der Waals surface area contributed by atoms with Crippen molar-refractivity contribution < 1.29 is 14.6 Å². The lowest BCUT2D eigenvalue weighted by molar-refractivity contribution is -0.372. The fraction of sp³-hybridized carbons (Fsp3) is 0.778. The Kier molecular flexibility index (Phi) is 1.13. The minimum absolute atomic E-state index is 0.142. The fourth-order valence-corrected chi connectivity index (χ4v) is 2.67. The van der Waals surface area contributed by atoms with Crippen LogP contribution >= 0.6 is 0 Å². The van der Waals surface area contributed by atoms with Gasteiger partial charge in [-0.05, 0) is 6.42 Å². The van der Waals surface area contributed by atoms with E-state index in [1.807, 2.05) is 0 Å². The summed E-state index contributed by atoms with van der Waals surface area (Å²) in [6.07, 6.45) is 0.986. The van der Waals surface area contributed by atoms with Gasteiger partial charge in [-0.2, -0.15) is 0 Å². The van der Waals surface area contributed by atoms with Gasteiger partial charge in [0.2, 0.25) is 0 Å². The summed E-state index contributed by atoms with van der Waals surface area (Å²) >= 11 is 0. The summed E-state index contributed by atoms with van der Waals surface area (Å²) < 4.78 is 10.5. The third kappa shape index (κ3) is 0.632. The van der Waals surface area contributed by atoms with Crippen LogP contribution in [0.4, 0.5) is 0 Å². The van der Waals surface area contributed by atoms with Crippen molar-refractivity contribution in [3.8, 4) is 0 Å². The van der Waals surface area contributed by atoms with Gasteiger partial charge in [0.25, 0.3) is 5.97 Å². The summed E-state index contributed by atoms with van der Waals surface area (Å²) in [6.45, 7) is 5.19. The van der Waals surface area contributed by atoms with Crippen LogP contribution in [0, 0.1) is 17.8 Å². The monoisotopic (exact) mass is 168 g/mol. The van der Waals surface area contributed by atoms with Crippen molar-refractivity contribution in [1.82, 2.24) is 0 Å². The second kappa shape index (κ2) is 1.92. The number of fused-ring (bicyclic) bond motifs is 1. The van der Waals surface area contributed by atoms with E-state index in [2.05, 4.69) is 6.58 Å². The first kappa shape index (κ1) is 7.06. The first-order valence-electron chi connectivity index (χ1n) is 4.40. The molecule has 66 valence electrons. The zero-order chi connectivity index (χ0) is 8.34. The molecule has 0 aromatic carbocycles. The number of rotatable bonds is 0. The van der Waals surface area contributed by atoms with Crippen molar-refractivity contribution in [2.75, 3.05) is 13.2 Å². The third-order valence-corrected chi connectivity index (χ3v) is 3.45. The van der Waals surface area contributed by atoms with Crippen molar-refractivity contribution in [3.63, 3.8) is 0 Å². The summed E-state index contributed by atoms with van der Waals surface area (Å²) in [6, 6.07) is 0. The molecule has 3 heteroatoms. The Balaban J connectivity index is 2.05. The van der Waals surface area contributed by atoms with Crippen LogP contribution in [0.3, 0.4) is 0 Å². The van der Waals surface area contributed by atoms with Gasteiger partial charge in [0, 0.05) is 11.8 Å². The zero-order valence-electron chi connectivity index (χ0n) is 6.82. The van der Waals surface area contributed by atoms with Crippen molar-refractivity contribution in [2.45, 2.75) is 12.4 Å². The lowest BCUT2D eigenvalue weighted by Gasteiger charge is -2.32. The first-order chi connectivity index (χ1) is 5.71. The van der Waals surface area contributed by atoms with Crippen molar-refractivity contribution in [1.29, 1.82) is 0 Å². The van der Waals surface area contributed by atoms with Crippen molar-refractivity contribution in [2.24, 2.45) is 17.8 Å². The predicted molar refractivity (Wildman–Crippen MR) is 41.1 cm³/mol. The van der Waals surface area contributed by atoms with Gasteiger partial charge in [-0.15, -0.1) is 0 Å². The molecule has 0 amide bonds. The van der Waals surface area contributed by atoms with Crippen LogP contribution in [0.25, 0.3) is 0 Å². The molecule has 0 spiro atoms. The van der Waals surface area contributed by atoms with Gasteiger partial charge in [0.05, 0.1) is 19.1 Å². The van der Waals surface area contributed by atoms with E-state index in [4.69, 9.17) is 9.47 Å². The van der Waals surface area contributed by atoms with E-state index in [0.717, 1.165) is 6.42 Å². The van der Waals surface area contributed by atoms with Crippen LogP contribution in [0.5, 0.6) is 0 Å². The maximum atomic E-state index is 9.84. The lowest BCUT2D eigenvalue weighted by atomic mass is 9.96. The van der Waals surface area contributed by atoms with Gasteiger partial charge in [-0.1, -0.05) is 12.2 Å². The summed E-state index contributed by atoms with van der Waals surface area (Å²) in [5.74, 6) is -0.337. The Labute approximate surface area is 71.0 Å². The van der Waals surface area contributed by atoms with E-state index in [0.29, 0.717) is 25.0 Å². The van der Waals surface area contributed by atoms with Gasteiger partial charge >= 0.3 is 0 Å². The quantitative estimate of drug-likeness (QED) is 0.535. The van der Waals surface area contributed by atoms with Gasteiger partial charge in [-0.25, -0.2) is 0 Å². The van der Waals surface area contributed by atoms with Gasteiger partial charge in [-0.3, -0.25) is 0 Å². The van der Waals surface area contributed by atoms with Crippen LogP contribution in [-0.4, -0.2) is 24.3 Å². The molecule has 1 aliphatic carbocycles. The number of ether oxygens (including phenoxy) is 2. The minimum atomic E-state index is -1.28. The summed E-state index contributed by atoms with van der Waals surface area (Å²) in [5.41, 5.74) is 1.22. The van der Waals surface area contributed by atoms with Gasteiger partial charge < -0.3 is 14.6 Å². The number of hydrogen-bond donors (Lipinski definition) is 1. The normalized spacial score (nSPS) is 56.4. The predicted octanol–water partition coefficient (Wildman–Crippen LogP) is 0.501. The molecule has 0 aromatic rings. The molecular formula is C9H12O3. The van der Waals surface area contributed by atoms with Crippen LogP contribution < -0.4 is 0 Å². The Morgan fingerprint density at radius 3 is 3.00 bits per heavy atom. The summed E-state index contributed by atoms with van der Waals surface area (Å²) in [4.78, 5) is 0. The fourth-order valence-electron chi connectivity index (χ4n) is 2.67. The van der Waals surface area contributed by atoms with Gasteiger partial charge in [0.15, 0.2) is 0 Å². The highest BCUT2D eigenvalue weighted by Gasteiger charge is 2.59. The third-order valence-electron chi connectivity index (χ3n) is 3.45. The maximum absolute atomic E-state index is 9.84. The molecule has 3 nitrogen and oxygen atoms in total. The van der Waals surface area contributed by atoms with Crippen molar-refractivity contribution >= 4 is 0 Å².